The normalized spacial score (nSPS) is 24.4. The topological polar surface area (TPSA) is 94.5 Å². The smallest absolute Gasteiger partial charge is 0.210 e. The number of benzene rings is 2. The number of aromatic hydroxyl groups is 1. The molecule has 1 unspecified atom stereocenters. The highest BCUT2D eigenvalue weighted by atomic mass is 16.5. The lowest BCUT2D eigenvalue weighted by Crippen LogP contribution is -2.46. The molecule has 7 nitrogen and oxygen atoms in total. The summed E-state index contributed by atoms with van der Waals surface area (Å²) in [7, 11) is 1.51. The first kappa shape index (κ1) is 21.9. The molecule has 0 saturated carbocycles. The molecule has 176 valence electrons. The number of carbonyl (C=O) groups is 1. The molecule has 0 saturated heterocycles. The quantitative estimate of drug-likeness (QED) is 0.706. The fourth-order valence-corrected chi connectivity index (χ4v) is 5.07. The van der Waals surface area contributed by atoms with Crippen LogP contribution in [-0.2, 0) is 18.4 Å². The third-order valence-corrected chi connectivity index (χ3v) is 6.94. The molecule has 0 spiro atoms. The number of ketones is 1. The van der Waals surface area contributed by atoms with E-state index in [9.17, 15) is 15.0 Å². The van der Waals surface area contributed by atoms with Crippen LogP contribution in [0.5, 0.6) is 28.7 Å². The molecule has 0 amide bonds. The van der Waals surface area contributed by atoms with Gasteiger partial charge in [0.05, 0.1) is 7.11 Å². The van der Waals surface area contributed by atoms with Crippen LogP contribution in [0.25, 0.3) is 0 Å². The van der Waals surface area contributed by atoms with E-state index in [1.165, 1.54) is 13.2 Å². The summed E-state index contributed by atoms with van der Waals surface area (Å²) in [6.07, 6.45) is 2.85. The second-order valence-corrected chi connectivity index (χ2v) is 10.4. The number of fused-ring (bicyclic) bond motifs is 4. The fraction of sp³-hybridized carbons (Fsp3) is 0.500. The minimum atomic E-state index is -2.01. The second kappa shape index (κ2) is 7.03. The molecule has 0 aromatic heterocycles. The first-order valence-corrected chi connectivity index (χ1v) is 11.3. The molecule has 2 aromatic rings. The van der Waals surface area contributed by atoms with E-state index >= 15 is 0 Å². The molecular weight excluding hydrogens is 424 g/mol. The minimum absolute atomic E-state index is 0.0250. The van der Waals surface area contributed by atoms with Gasteiger partial charge in [-0.3, -0.25) is 4.79 Å². The fourth-order valence-electron chi connectivity index (χ4n) is 5.07. The van der Waals surface area contributed by atoms with Crippen LogP contribution in [0, 0.1) is 0 Å². The zero-order valence-electron chi connectivity index (χ0n) is 19.7. The molecule has 3 aliphatic heterocycles. The molecule has 2 N–H and O–H groups in total. The number of Topliss-reactive ketones (excluding diaryl/α,β-unsaturated/α-hetero) is 1. The summed E-state index contributed by atoms with van der Waals surface area (Å²) in [4.78, 5) is 13.7. The van der Waals surface area contributed by atoms with Gasteiger partial charge in [0.1, 0.15) is 52.1 Å². The Bertz CT molecular complexity index is 1160. The van der Waals surface area contributed by atoms with Gasteiger partial charge in [0.15, 0.2) is 5.60 Å². The molecule has 0 aliphatic carbocycles. The van der Waals surface area contributed by atoms with Gasteiger partial charge < -0.3 is 29.2 Å². The van der Waals surface area contributed by atoms with Gasteiger partial charge in [-0.15, -0.1) is 0 Å². The third-order valence-electron chi connectivity index (χ3n) is 6.94. The van der Waals surface area contributed by atoms with E-state index in [0.29, 0.717) is 35.7 Å². The van der Waals surface area contributed by atoms with E-state index in [2.05, 4.69) is 0 Å². The number of hydrogen-bond acceptors (Lipinski definition) is 7. The molecule has 0 radical (unpaired) electrons. The highest BCUT2D eigenvalue weighted by Gasteiger charge is 2.49. The monoisotopic (exact) mass is 454 g/mol. The first-order chi connectivity index (χ1) is 15.5. The first-order valence-electron chi connectivity index (χ1n) is 11.3. The Hall–Kier alpha value is -2.93. The standard InChI is InChI=1S/C26H30O7/c1-24(2)10-8-14-18(32-24)7-6-16(21(14)30-5)26(29)13-31-22-15-9-11-25(3,4)33-19(15)12-17(27)20(22)23(26)28/h6-7,12,27,29H,8-11,13H2,1-5H3. The Morgan fingerprint density at radius 1 is 0.970 bits per heavy atom. The number of rotatable bonds is 2. The summed E-state index contributed by atoms with van der Waals surface area (Å²) in [5.74, 6) is 0.991. The average Bonchev–Trinajstić information content (AvgIpc) is 2.73. The third kappa shape index (κ3) is 3.32. The predicted molar refractivity (Wildman–Crippen MR) is 121 cm³/mol. The van der Waals surface area contributed by atoms with Crippen molar-refractivity contribution in [2.24, 2.45) is 0 Å². The Labute approximate surface area is 193 Å². The van der Waals surface area contributed by atoms with Gasteiger partial charge in [0.25, 0.3) is 0 Å². The van der Waals surface area contributed by atoms with Crippen LogP contribution in [0.3, 0.4) is 0 Å². The SMILES string of the molecule is COc1c(C2(O)COc3c4c(cc(O)c3C2=O)OC(C)(C)CC4)ccc2c1CCC(C)(C)O2. The lowest BCUT2D eigenvalue weighted by atomic mass is 9.80. The van der Waals surface area contributed by atoms with Crippen LogP contribution in [-0.4, -0.2) is 40.9 Å². The number of aliphatic hydroxyl groups is 1. The largest absolute Gasteiger partial charge is 0.507 e. The van der Waals surface area contributed by atoms with E-state index in [1.807, 2.05) is 27.7 Å². The zero-order valence-corrected chi connectivity index (χ0v) is 19.7. The maximum absolute atomic E-state index is 13.7. The van der Waals surface area contributed by atoms with Gasteiger partial charge in [-0.25, -0.2) is 0 Å². The van der Waals surface area contributed by atoms with Gasteiger partial charge in [0, 0.05) is 22.8 Å². The Kier molecular flexibility index (Phi) is 4.67. The van der Waals surface area contributed by atoms with Crippen molar-refractivity contribution >= 4 is 5.78 Å². The number of phenols is 1. The molecule has 0 fully saturated rings. The molecule has 1 atom stereocenters. The van der Waals surface area contributed by atoms with Gasteiger partial charge in [-0.1, -0.05) is 0 Å². The van der Waals surface area contributed by atoms with Crippen molar-refractivity contribution in [2.75, 3.05) is 13.7 Å². The van der Waals surface area contributed by atoms with E-state index in [-0.39, 0.29) is 34.9 Å². The van der Waals surface area contributed by atoms with Crippen LogP contribution in [0.15, 0.2) is 18.2 Å². The van der Waals surface area contributed by atoms with E-state index in [4.69, 9.17) is 18.9 Å². The number of ether oxygens (including phenoxy) is 4. The van der Waals surface area contributed by atoms with Crippen molar-refractivity contribution in [1.82, 2.24) is 0 Å². The van der Waals surface area contributed by atoms with Crippen molar-refractivity contribution in [3.8, 4) is 28.7 Å². The molecule has 5 rings (SSSR count). The van der Waals surface area contributed by atoms with Gasteiger partial charge >= 0.3 is 0 Å². The van der Waals surface area contributed by atoms with Crippen molar-refractivity contribution in [1.29, 1.82) is 0 Å². The lowest BCUT2D eigenvalue weighted by Gasteiger charge is -2.39. The van der Waals surface area contributed by atoms with Crippen LogP contribution < -0.4 is 18.9 Å². The molecule has 3 heterocycles. The van der Waals surface area contributed by atoms with Crippen LogP contribution in [0.2, 0.25) is 0 Å². The number of hydrogen-bond donors (Lipinski definition) is 2. The summed E-state index contributed by atoms with van der Waals surface area (Å²) >= 11 is 0. The molecule has 33 heavy (non-hydrogen) atoms. The number of methoxy groups -OCH3 is 1. The summed E-state index contributed by atoms with van der Waals surface area (Å²) in [5.41, 5.74) is -0.862. The van der Waals surface area contributed by atoms with Gasteiger partial charge in [-0.2, -0.15) is 0 Å². The Balaban J connectivity index is 1.60. The van der Waals surface area contributed by atoms with Crippen LogP contribution >= 0.6 is 0 Å². The molecule has 0 bridgehead atoms. The van der Waals surface area contributed by atoms with E-state index in [1.54, 1.807) is 12.1 Å². The van der Waals surface area contributed by atoms with Crippen molar-refractivity contribution < 1.29 is 34.0 Å². The molecule has 3 aliphatic rings. The molecule has 2 aromatic carbocycles. The number of carbonyl (C=O) groups excluding carboxylic acids is 1. The average molecular weight is 455 g/mol. The summed E-state index contributed by atoms with van der Waals surface area (Å²) in [6, 6.07) is 4.85. The van der Waals surface area contributed by atoms with E-state index < -0.39 is 11.4 Å². The summed E-state index contributed by atoms with van der Waals surface area (Å²) < 4.78 is 23.8. The molecular formula is C26H30O7. The number of phenolic OH excluding ortho intramolecular Hbond substituents is 1. The molecule has 7 heteroatoms. The summed E-state index contributed by atoms with van der Waals surface area (Å²) in [6.45, 7) is 7.70. The van der Waals surface area contributed by atoms with Gasteiger partial charge in [-0.05, 0) is 65.5 Å². The Morgan fingerprint density at radius 2 is 1.61 bits per heavy atom. The maximum atomic E-state index is 13.7. The highest BCUT2D eigenvalue weighted by molar-refractivity contribution is 6.09. The second-order valence-electron chi connectivity index (χ2n) is 10.4. The van der Waals surface area contributed by atoms with Crippen molar-refractivity contribution in [2.45, 2.75) is 70.2 Å². The Morgan fingerprint density at radius 3 is 2.27 bits per heavy atom. The maximum Gasteiger partial charge on any atom is 0.210 e. The van der Waals surface area contributed by atoms with Crippen LogP contribution in [0.4, 0.5) is 0 Å². The van der Waals surface area contributed by atoms with Gasteiger partial charge in [0.2, 0.25) is 5.78 Å². The van der Waals surface area contributed by atoms with Crippen LogP contribution in [0.1, 0.15) is 67.6 Å². The van der Waals surface area contributed by atoms with E-state index in [0.717, 1.165) is 24.0 Å². The minimum Gasteiger partial charge on any atom is -0.507 e. The van der Waals surface area contributed by atoms with Crippen molar-refractivity contribution in [3.63, 3.8) is 0 Å². The lowest BCUT2D eigenvalue weighted by molar-refractivity contribution is -0.00799. The highest BCUT2D eigenvalue weighted by Crippen LogP contribution is 2.51. The summed E-state index contributed by atoms with van der Waals surface area (Å²) in [5, 5.41) is 22.4. The predicted octanol–water partition coefficient (Wildman–Crippen LogP) is 4.07. The zero-order chi connectivity index (χ0) is 23.8. The van der Waals surface area contributed by atoms with Crippen molar-refractivity contribution in [3.05, 3.63) is 40.5 Å².